The molecular weight excluding hydrogens is 338 g/mol. The molecule has 0 aromatic heterocycles. The van der Waals surface area contributed by atoms with E-state index in [0.717, 1.165) is 26.5 Å². The highest BCUT2D eigenvalue weighted by Crippen LogP contribution is 2.34. The van der Waals surface area contributed by atoms with Gasteiger partial charge in [0.2, 0.25) is 5.79 Å². The second kappa shape index (κ2) is 4.38. The summed E-state index contributed by atoms with van der Waals surface area (Å²) in [5.41, 5.74) is 5.93. The Bertz CT molecular complexity index is 421. The number of halogens is 2. The van der Waals surface area contributed by atoms with E-state index in [0.29, 0.717) is 6.42 Å². The van der Waals surface area contributed by atoms with Crippen LogP contribution in [-0.2, 0) is 12.8 Å². The third-order valence-electron chi connectivity index (χ3n) is 3.15. The van der Waals surface area contributed by atoms with E-state index >= 15 is 0 Å². The predicted octanol–water partition coefficient (Wildman–Crippen LogP) is 0.992. The first-order chi connectivity index (χ1) is 7.42. The first-order valence-corrected chi connectivity index (χ1v) is 6.74. The van der Waals surface area contributed by atoms with Gasteiger partial charge in [0.25, 0.3) is 0 Å². The van der Waals surface area contributed by atoms with Crippen LogP contribution < -0.4 is 5.73 Å². The summed E-state index contributed by atoms with van der Waals surface area (Å²) in [6.45, 7) is 0. The van der Waals surface area contributed by atoms with E-state index < -0.39 is 5.79 Å². The van der Waals surface area contributed by atoms with Gasteiger partial charge in [0, 0.05) is 21.8 Å². The molecule has 3 nitrogen and oxygen atoms in total. The topological polar surface area (TPSA) is 68.1 Å². The average Bonchev–Trinajstić information content (AvgIpc) is 2.32. The zero-order valence-corrected chi connectivity index (χ0v) is 11.9. The second-order valence-electron chi connectivity index (χ2n) is 4.28. The molecule has 1 aliphatic rings. The van der Waals surface area contributed by atoms with Gasteiger partial charge in [-0.15, -0.1) is 0 Å². The Kier molecular flexibility index (Phi) is 3.43. The van der Waals surface area contributed by atoms with Crippen LogP contribution in [0.1, 0.15) is 17.5 Å². The zero-order chi connectivity index (χ0) is 11.9. The number of rotatable bonds is 0. The standard InChI is InChI=1S/C11H13Br2NO2/c12-8-2-3-9(13)7-5-11(15,16)10(14)4-1-6(7)8/h2-3,10,15-16H,1,4-5,14H2/p+1/t10-/m0/s1. The van der Waals surface area contributed by atoms with Crippen molar-refractivity contribution in [3.05, 3.63) is 32.2 Å². The van der Waals surface area contributed by atoms with E-state index in [1.165, 1.54) is 0 Å². The molecule has 1 aliphatic carbocycles. The minimum absolute atomic E-state index is 0.219. The lowest BCUT2D eigenvalue weighted by Crippen LogP contribution is -2.72. The van der Waals surface area contributed by atoms with Crippen LogP contribution in [0.5, 0.6) is 0 Å². The van der Waals surface area contributed by atoms with Crippen LogP contribution in [0.15, 0.2) is 21.1 Å². The molecule has 0 saturated heterocycles. The van der Waals surface area contributed by atoms with Gasteiger partial charge >= 0.3 is 0 Å². The Balaban J connectivity index is 2.52. The van der Waals surface area contributed by atoms with Crippen molar-refractivity contribution in [3.63, 3.8) is 0 Å². The predicted molar refractivity (Wildman–Crippen MR) is 67.7 cm³/mol. The fourth-order valence-electron chi connectivity index (χ4n) is 2.05. The summed E-state index contributed by atoms with van der Waals surface area (Å²) < 4.78 is 1.95. The van der Waals surface area contributed by atoms with E-state index in [-0.39, 0.29) is 12.5 Å². The number of benzene rings is 1. The van der Waals surface area contributed by atoms with Gasteiger partial charge in [-0.3, -0.25) is 0 Å². The van der Waals surface area contributed by atoms with Gasteiger partial charge < -0.3 is 15.9 Å². The maximum atomic E-state index is 9.94. The lowest BCUT2D eigenvalue weighted by atomic mass is 10.00. The van der Waals surface area contributed by atoms with Crippen molar-refractivity contribution in [3.8, 4) is 0 Å². The largest absolute Gasteiger partial charge is 0.361 e. The fraction of sp³-hybridized carbons (Fsp3) is 0.455. The quantitative estimate of drug-likeness (QED) is 0.482. The van der Waals surface area contributed by atoms with Gasteiger partial charge in [0.05, 0.1) is 0 Å². The highest BCUT2D eigenvalue weighted by Gasteiger charge is 2.39. The molecule has 88 valence electrons. The van der Waals surface area contributed by atoms with Gasteiger partial charge in [-0.2, -0.15) is 0 Å². The molecule has 0 heterocycles. The molecule has 0 saturated carbocycles. The molecule has 0 spiro atoms. The lowest BCUT2D eigenvalue weighted by Gasteiger charge is -2.23. The molecule has 0 aliphatic heterocycles. The van der Waals surface area contributed by atoms with Crippen LogP contribution in [0.25, 0.3) is 0 Å². The smallest absolute Gasteiger partial charge is 0.220 e. The molecule has 1 aromatic carbocycles. The first kappa shape index (κ1) is 12.5. The molecule has 0 radical (unpaired) electrons. The van der Waals surface area contributed by atoms with Crippen LogP contribution in [-0.4, -0.2) is 22.0 Å². The van der Waals surface area contributed by atoms with Gasteiger partial charge in [0.15, 0.2) is 0 Å². The van der Waals surface area contributed by atoms with E-state index in [1.807, 2.05) is 12.1 Å². The SMILES string of the molecule is [NH3+][C@H]1CCc2c(Br)ccc(Br)c2CC1(O)O. The molecule has 2 rings (SSSR count). The number of hydrogen-bond donors (Lipinski definition) is 3. The van der Waals surface area contributed by atoms with Gasteiger partial charge in [0.1, 0.15) is 6.04 Å². The molecule has 5 heteroatoms. The lowest BCUT2D eigenvalue weighted by molar-refractivity contribution is -0.482. The van der Waals surface area contributed by atoms with Gasteiger partial charge in [-0.05, 0) is 29.7 Å². The van der Waals surface area contributed by atoms with Crippen LogP contribution in [0.4, 0.5) is 0 Å². The summed E-state index contributed by atoms with van der Waals surface area (Å²) in [6.07, 6.45) is 1.71. The highest BCUT2D eigenvalue weighted by molar-refractivity contribution is 9.11. The zero-order valence-electron chi connectivity index (χ0n) is 8.71. The summed E-state index contributed by atoms with van der Waals surface area (Å²) in [7, 11) is 0. The molecule has 0 unspecified atom stereocenters. The van der Waals surface area contributed by atoms with Crippen molar-refractivity contribution in [1.82, 2.24) is 0 Å². The Morgan fingerprint density at radius 2 is 1.75 bits per heavy atom. The maximum absolute atomic E-state index is 9.94. The fourth-order valence-corrected chi connectivity index (χ4v) is 3.13. The Hall–Kier alpha value is 0.0600. The normalized spacial score (nSPS) is 23.7. The van der Waals surface area contributed by atoms with E-state index in [4.69, 9.17) is 0 Å². The minimum atomic E-state index is -1.71. The van der Waals surface area contributed by atoms with Crippen molar-refractivity contribution in [2.75, 3.05) is 0 Å². The van der Waals surface area contributed by atoms with Gasteiger partial charge in [-0.1, -0.05) is 31.9 Å². The van der Waals surface area contributed by atoms with E-state index in [1.54, 1.807) is 0 Å². The Labute approximate surface area is 111 Å². The van der Waals surface area contributed by atoms with Crippen LogP contribution in [0.3, 0.4) is 0 Å². The van der Waals surface area contributed by atoms with Gasteiger partial charge in [-0.25, -0.2) is 0 Å². The third kappa shape index (κ3) is 2.19. The highest BCUT2D eigenvalue weighted by atomic mass is 79.9. The molecule has 1 atom stereocenters. The summed E-state index contributed by atoms with van der Waals surface area (Å²) in [5.74, 6) is -1.71. The van der Waals surface area contributed by atoms with Crippen molar-refractivity contribution >= 4 is 31.9 Å². The molecule has 0 amide bonds. The number of aliphatic hydroxyl groups is 2. The monoisotopic (exact) mass is 350 g/mol. The molecule has 1 aromatic rings. The summed E-state index contributed by atoms with van der Waals surface area (Å²) >= 11 is 6.96. The summed E-state index contributed by atoms with van der Waals surface area (Å²) in [5, 5.41) is 19.9. The minimum Gasteiger partial charge on any atom is -0.361 e. The van der Waals surface area contributed by atoms with Crippen LogP contribution in [0, 0.1) is 0 Å². The molecule has 0 bridgehead atoms. The van der Waals surface area contributed by atoms with Crippen LogP contribution in [0.2, 0.25) is 0 Å². The average molecular weight is 352 g/mol. The second-order valence-corrected chi connectivity index (χ2v) is 5.99. The Morgan fingerprint density at radius 1 is 1.19 bits per heavy atom. The molecule has 0 fully saturated rings. The molecule has 16 heavy (non-hydrogen) atoms. The van der Waals surface area contributed by atoms with Crippen molar-refractivity contribution < 1.29 is 15.9 Å². The number of hydrogen-bond acceptors (Lipinski definition) is 2. The van der Waals surface area contributed by atoms with Crippen molar-refractivity contribution in [1.29, 1.82) is 0 Å². The number of fused-ring (bicyclic) bond motifs is 1. The van der Waals surface area contributed by atoms with Crippen molar-refractivity contribution in [2.45, 2.75) is 31.1 Å². The summed E-state index contributed by atoms with van der Waals surface area (Å²) in [4.78, 5) is 0. The molecule has 5 N–H and O–H groups in total. The molecular formula is C11H14Br2NO2+. The van der Waals surface area contributed by atoms with Crippen LogP contribution >= 0.6 is 31.9 Å². The Morgan fingerprint density at radius 3 is 2.38 bits per heavy atom. The number of quaternary nitrogens is 1. The third-order valence-corrected chi connectivity index (χ3v) is 4.64. The first-order valence-electron chi connectivity index (χ1n) is 5.15. The van der Waals surface area contributed by atoms with E-state index in [2.05, 4.69) is 37.6 Å². The van der Waals surface area contributed by atoms with E-state index in [9.17, 15) is 10.2 Å². The van der Waals surface area contributed by atoms with Crippen molar-refractivity contribution in [2.24, 2.45) is 0 Å². The summed E-state index contributed by atoms with van der Waals surface area (Å²) in [6, 6.07) is 3.53. The maximum Gasteiger partial charge on any atom is 0.220 e.